The first-order valence-electron chi connectivity index (χ1n) is 15.4. The minimum atomic E-state index is -3.83. The second-order valence-electron chi connectivity index (χ2n) is 12.8. The molecular weight excluding hydrogens is 510 g/mol. The molecule has 39 heavy (non-hydrogen) atoms. The quantitative estimate of drug-likeness (QED) is 0.170. The average molecular weight is 557 g/mol. The molecule has 4 fully saturated rings. The Kier molecular flexibility index (Phi) is 9.52. The van der Waals surface area contributed by atoms with Crippen molar-refractivity contribution in [2.75, 3.05) is 12.8 Å². The summed E-state index contributed by atoms with van der Waals surface area (Å²) >= 11 is 0. The van der Waals surface area contributed by atoms with E-state index in [1.807, 2.05) is 6.07 Å². The van der Waals surface area contributed by atoms with E-state index < -0.39 is 7.60 Å². The molecule has 0 unspecified atom stereocenters. The molecule has 2 aromatic carbocycles. The normalized spacial score (nSPS) is 25.8. The molecule has 6 rings (SSSR count). The minimum absolute atomic E-state index is 0.00490. The second-order valence-corrected chi connectivity index (χ2v) is 14.6. The third-order valence-corrected chi connectivity index (χ3v) is 10.6. The molecule has 0 heterocycles. The Morgan fingerprint density at radius 3 is 1.79 bits per heavy atom. The summed E-state index contributed by atoms with van der Waals surface area (Å²) in [6.07, 6.45) is 17.5. The number of hydrogen-bond donors (Lipinski definition) is 2. The second kappa shape index (κ2) is 12.9. The van der Waals surface area contributed by atoms with E-state index in [0.717, 1.165) is 80.2 Å². The van der Waals surface area contributed by atoms with Crippen LogP contribution in [0.3, 0.4) is 0 Å². The number of hydrogen-bond acceptors (Lipinski definition) is 2. The molecule has 214 valence electrons. The summed E-state index contributed by atoms with van der Waals surface area (Å²) in [6, 6.07) is 14.4. The predicted octanol–water partition coefficient (Wildman–Crippen LogP) is 9.03. The zero-order valence-electron chi connectivity index (χ0n) is 23.3. The van der Waals surface area contributed by atoms with Crippen molar-refractivity contribution >= 4 is 7.60 Å². The largest absolute Gasteiger partial charge is 0.491 e. The van der Waals surface area contributed by atoms with Crippen LogP contribution in [0.15, 0.2) is 42.5 Å². The number of benzene rings is 2. The van der Waals surface area contributed by atoms with Crippen LogP contribution in [0.1, 0.15) is 102 Å². The van der Waals surface area contributed by atoms with Crippen LogP contribution in [0.4, 0.5) is 4.39 Å². The lowest BCUT2D eigenvalue weighted by atomic mass is 9.48. The van der Waals surface area contributed by atoms with Crippen molar-refractivity contribution in [2.45, 2.75) is 102 Å². The Hall–Kier alpha value is -1.68. The lowest BCUT2D eigenvalue weighted by Crippen LogP contribution is -2.48. The maximum absolute atomic E-state index is 14.8. The fraction of sp³-hybridized carbons (Fsp3) is 0.636. The van der Waals surface area contributed by atoms with Gasteiger partial charge < -0.3 is 14.5 Å². The van der Waals surface area contributed by atoms with Gasteiger partial charge in [0, 0.05) is 6.16 Å². The van der Waals surface area contributed by atoms with Crippen molar-refractivity contribution in [3.8, 4) is 16.9 Å². The lowest BCUT2D eigenvalue weighted by molar-refractivity contribution is -0.00518. The highest BCUT2D eigenvalue weighted by atomic mass is 31.2. The number of halogens is 1. The fourth-order valence-corrected chi connectivity index (χ4v) is 8.75. The standard InChI is InChI=1S/C33H46FO4P/c34-31-21-29(12-15-32(31)38-16-8-6-4-2-1-3-5-7-9-17-39(35,36)37)28-10-13-30(14-11-28)33-22-25-18-26(23-33)20-27(19-25)24-33/h10-15,21,25-27H,1-9,16-20,22-24H2,(H2,35,36,37). The summed E-state index contributed by atoms with van der Waals surface area (Å²) in [4.78, 5) is 17.7. The smallest absolute Gasteiger partial charge is 0.325 e. The Labute approximate surface area is 233 Å². The van der Waals surface area contributed by atoms with Crippen LogP contribution in [0.5, 0.6) is 5.75 Å². The number of ether oxygens (including phenoxy) is 1. The molecule has 4 saturated carbocycles. The van der Waals surface area contributed by atoms with Crippen molar-refractivity contribution in [1.29, 1.82) is 0 Å². The Morgan fingerprint density at radius 1 is 0.744 bits per heavy atom. The summed E-state index contributed by atoms with van der Waals surface area (Å²) in [6.45, 7) is 0.526. The van der Waals surface area contributed by atoms with Crippen molar-refractivity contribution in [1.82, 2.24) is 0 Å². The topological polar surface area (TPSA) is 66.8 Å². The van der Waals surface area contributed by atoms with Gasteiger partial charge >= 0.3 is 7.60 Å². The molecule has 2 N–H and O–H groups in total. The Morgan fingerprint density at radius 2 is 1.26 bits per heavy atom. The van der Waals surface area contributed by atoms with Crippen LogP contribution in [0.25, 0.3) is 11.1 Å². The van der Waals surface area contributed by atoms with Gasteiger partial charge in [-0.25, -0.2) is 4.39 Å². The molecule has 0 radical (unpaired) electrons. The summed E-state index contributed by atoms with van der Waals surface area (Å²) in [7, 11) is -3.83. The van der Waals surface area contributed by atoms with Crippen molar-refractivity contribution in [2.24, 2.45) is 17.8 Å². The summed E-state index contributed by atoms with van der Waals surface area (Å²) in [5, 5.41) is 0. The highest BCUT2D eigenvalue weighted by molar-refractivity contribution is 7.51. The van der Waals surface area contributed by atoms with Gasteiger partial charge in [-0.1, -0.05) is 75.3 Å². The molecule has 0 aliphatic heterocycles. The van der Waals surface area contributed by atoms with E-state index in [1.165, 1.54) is 44.1 Å². The van der Waals surface area contributed by atoms with E-state index >= 15 is 0 Å². The lowest BCUT2D eigenvalue weighted by Gasteiger charge is -2.57. The zero-order valence-corrected chi connectivity index (χ0v) is 24.2. The molecule has 4 aliphatic rings. The molecule has 0 aromatic heterocycles. The van der Waals surface area contributed by atoms with Crippen LogP contribution >= 0.6 is 7.60 Å². The molecule has 0 amide bonds. The maximum atomic E-state index is 14.8. The van der Waals surface area contributed by atoms with Crippen molar-refractivity contribution in [3.05, 3.63) is 53.8 Å². The van der Waals surface area contributed by atoms with E-state index in [1.54, 1.807) is 12.1 Å². The van der Waals surface area contributed by atoms with Gasteiger partial charge in [-0.05, 0) is 103 Å². The Bertz CT molecular complexity index is 1090. The molecule has 0 saturated heterocycles. The third-order valence-electron chi connectivity index (χ3n) is 9.65. The SMILES string of the molecule is O=P(O)(O)CCCCCCCCCCCOc1ccc(-c2ccc(C34CC5CC(CC(C5)C3)C4)cc2)cc1F. The first-order chi connectivity index (χ1) is 18.8. The molecule has 4 nitrogen and oxygen atoms in total. The summed E-state index contributed by atoms with van der Waals surface area (Å²) in [5.74, 6) is 2.84. The highest BCUT2D eigenvalue weighted by Crippen LogP contribution is 2.60. The van der Waals surface area contributed by atoms with Gasteiger partial charge in [-0.15, -0.1) is 0 Å². The van der Waals surface area contributed by atoms with E-state index in [2.05, 4.69) is 24.3 Å². The number of rotatable bonds is 15. The van der Waals surface area contributed by atoms with Crippen molar-refractivity contribution < 1.29 is 23.5 Å². The molecule has 0 atom stereocenters. The predicted molar refractivity (Wildman–Crippen MR) is 156 cm³/mol. The zero-order chi connectivity index (χ0) is 27.3. The molecule has 4 bridgehead atoms. The maximum Gasteiger partial charge on any atom is 0.325 e. The van der Waals surface area contributed by atoms with E-state index in [4.69, 9.17) is 14.5 Å². The molecule has 4 aliphatic carbocycles. The average Bonchev–Trinajstić information content (AvgIpc) is 2.89. The Balaban J connectivity index is 1.00. The van der Waals surface area contributed by atoms with E-state index in [9.17, 15) is 8.96 Å². The molecule has 6 heteroatoms. The fourth-order valence-electron chi connectivity index (χ4n) is 8.12. The van der Waals surface area contributed by atoms with Gasteiger partial charge in [0.2, 0.25) is 0 Å². The summed E-state index contributed by atoms with van der Waals surface area (Å²) < 4.78 is 31.4. The summed E-state index contributed by atoms with van der Waals surface area (Å²) in [5.41, 5.74) is 3.87. The third kappa shape index (κ3) is 7.75. The van der Waals surface area contributed by atoms with Gasteiger partial charge in [0.05, 0.1) is 6.61 Å². The van der Waals surface area contributed by atoms with Crippen LogP contribution < -0.4 is 4.74 Å². The van der Waals surface area contributed by atoms with Gasteiger partial charge in [0.1, 0.15) is 0 Å². The van der Waals surface area contributed by atoms with Gasteiger partial charge in [0.15, 0.2) is 11.6 Å². The monoisotopic (exact) mass is 556 g/mol. The van der Waals surface area contributed by atoms with Crippen LogP contribution in [0, 0.1) is 23.6 Å². The van der Waals surface area contributed by atoms with Gasteiger partial charge in [-0.3, -0.25) is 4.57 Å². The van der Waals surface area contributed by atoms with Crippen LogP contribution in [0.2, 0.25) is 0 Å². The molecular formula is C33H46FO4P. The highest BCUT2D eigenvalue weighted by Gasteiger charge is 2.51. The van der Waals surface area contributed by atoms with Gasteiger partial charge in [0.25, 0.3) is 0 Å². The first kappa shape index (κ1) is 28.8. The first-order valence-corrected chi connectivity index (χ1v) is 17.2. The van der Waals surface area contributed by atoms with E-state index in [0.29, 0.717) is 24.2 Å². The van der Waals surface area contributed by atoms with Crippen molar-refractivity contribution in [3.63, 3.8) is 0 Å². The van der Waals surface area contributed by atoms with Crippen LogP contribution in [-0.4, -0.2) is 22.6 Å². The molecule has 2 aromatic rings. The number of unbranched alkanes of at least 4 members (excludes halogenated alkanes) is 8. The molecule has 0 spiro atoms. The van der Waals surface area contributed by atoms with E-state index in [-0.39, 0.29) is 12.0 Å². The minimum Gasteiger partial charge on any atom is -0.491 e. The van der Waals surface area contributed by atoms with Gasteiger partial charge in [-0.2, -0.15) is 0 Å². The van der Waals surface area contributed by atoms with Crippen LogP contribution in [-0.2, 0) is 9.98 Å².